The normalized spacial score (nSPS) is 6.43. The second-order valence-electron chi connectivity index (χ2n) is 1.71. The fourth-order valence-electron chi connectivity index (χ4n) is 0. The molecule has 21 heavy (non-hydrogen) atoms. The molecule has 0 unspecified atom stereocenters. The molecule has 0 aromatic carbocycles. The van der Waals surface area contributed by atoms with Crippen LogP contribution in [0.3, 0.4) is 0 Å². The first-order valence-electron chi connectivity index (χ1n) is 3.85. The Labute approximate surface area is 135 Å². The van der Waals surface area contributed by atoms with Gasteiger partial charge in [0.25, 0.3) is 0 Å². The zero-order chi connectivity index (χ0) is 17.9. The number of hydrogen-bond donors (Lipinski definition) is 14. The van der Waals surface area contributed by atoms with Gasteiger partial charge in [0.2, 0.25) is 0 Å². The van der Waals surface area contributed by atoms with Gasteiger partial charge in [-0.2, -0.15) is 0 Å². The maximum atomic E-state index is 8.64. The van der Waals surface area contributed by atoms with Crippen LogP contribution in [0, 0.1) is 0 Å². The van der Waals surface area contributed by atoms with Crippen LogP contribution >= 0.6 is 0 Å². The van der Waals surface area contributed by atoms with Crippen molar-refractivity contribution in [1.29, 1.82) is 0 Å². The Balaban J connectivity index is -0.0000000331. The third-order valence-corrected chi connectivity index (χ3v) is 0. The van der Waals surface area contributed by atoms with E-state index in [1.807, 2.05) is 0 Å². The van der Waals surface area contributed by atoms with E-state index in [4.69, 9.17) is 75.4 Å². The van der Waals surface area contributed by atoms with E-state index in [0.29, 0.717) is 0 Å². The molecule has 14 N–H and O–H groups in total. The average molecular weight is 416 g/mol. The Morgan fingerprint density at radius 2 is 0.381 bits per heavy atom. The second-order valence-corrected chi connectivity index (χ2v) is 1.71. The van der Waals surface area contributed by atoms with Gasteiger partial charge < -0.3 is 75.4 Å². The van der Waals surface area contributed by atoms with E-state index in [1.165, 1.54) is 0 Å². The van der Waals surface area contributed by atoms with Crippen molar-refractivity contribution in [2.75, 3.05) is 0 Å². The molecule has 0 aliphatic carbocycles. The maximum absolute atomic E-state index is 8.64. The third kappa shape index (κ3) is 32300. The van der Waals surface area contributed by atoms with Gasteiger partial charge in [0, 0.05) is 0 Å². The quantitative estimate of drug-likeness (QED) is 0.163. The van der Waals surface area contributed by atoms with Crippen LogP contribution in [0.1, 0.15) is 0 Å². The zero-order valence-electron chi connectivity index (χ0n) is 9.86. The van der Waals surface area contributed by atoms with Crippen LogP contribution < -0.4 is 5.02 Å². The zero-order valence-corrected chi connectivity index (χ0v) is 11.3. The van der Waals surface area contributed by atoms with Crippen molar-refractivity contribution in [2.45, 2.75) is 0 Å². The van der Waals surface area contributed by atoms with E-state index in [-0.39, 0.29) is 22.4 Å². The fourth-order valence-corrected chi connectivity index (χ4v) is 0. The van der Waals surface area contributed by atoms with Crippen LogP contribution in [-0.4, -0.2) is 107 Å². The minimum atomic E-state index is -2.42. The molecule has 0 aliphatic heterocycles. The Kier molecular flexibility index (Phi) is 58.0. The molecule has 15 nitrogen and oxygen atoms in total. The number of rotatable bonds is 0. The number of hydrogen-bond acceptors (Lipinski definition) is 15. The molecule has 0 amide bonds. The topological polar surface area (TPSA) is 306 Å². The van der Waals surface area contributed by atoms with Crippen LogP contribution in [-0.2, 0) is 22.4 Å². The summed E-state index contributed by atoms with van der Waals surface area (Å²) < 4.78 is 0. The summed E-state index contributed by atoms with van der Waals surface area (Å²) in [5.41, 5.74) is 0. The van der Waals surface area contributed by atoms with Crippen molar-refractivity contribution < 1.29 is 97.7 Å². The fraction of sp³-hybridized carbons (Fsp3) is 0. The SMILES string of the molecule is OB(O)O.OB(O)O.OB(O)O.OB(O)O.[Ag+].[O-]B(O)O. The Morgan fingerprint density at radius 3 is 0.381 bits per heavy atom. The summed E-state index contributed by atoms with van der Waals surface area (Å²) in [6.45, 7) is 0. The van der Waals surface area contributed by atoms with Crippen LogP contribution in [0.25, 0.3) is 0 Å². The summed E-state index contributed by atoms with van der Waals surface area (Å²) in [6.07, 6.45) is 0. The maximum Gasteiger partial charge on any atom is 1.00 e. The molecule has 0 saturated heterocycles. The summed E-state index contributed by atoms with van der Waals surface area (Å²) in [5, 5.41) is 109. The van der Waals surface area contributed by atoms with Gasteiger partial charge in [0.15, 0.2) is 0 Å². The molecule has 0 aromatic heterocycles. The van der Waals surface area contributed by atoms with Gasteiger partial charge in [-0.1, -0.05) is 0 Å². The molecular formula is H14AgB5O15. The Morgan fingerprint density at radius 1 is 0.381 bits per heavy atom. The molecule has 21 heteroatoms. The molecule has 0 saturated carbocycles. The van der Waals surface area contributed by atoms with E-state index in [1.54, 1.807) is 0 Å². The van der Waals surface area contributed by atoms with Gasteiger partial charge in [-0.15, -0.1) is 0 Å². The largest absolute Gasteiger partial charge is 1.00 e. The molecule has 0 spiro atoms. The first-order chi connectivity index (χ1) is 8.66. The molecule has 0 fully saturated rings. The van der Waals surface area contributed by atoms with E-state index in [9.17, 15) is 0 Å². The third-order valence-electron chi connectivity index (χ3n) is 0. The molecule has 0 heterocycles. The Bertz CT molecular complexity index is 80.6. The summed E-state index contributed by atoms with van der Waals surface area (Å²) in [4.78, 5) is 0. The van der Waals surface area contributed by atoms with Gasteiger partial charge in [-0.3, -0.25) is 0 Å². The van der Waals surface area contributed by atoms with Crippen molar-refractivity contribution in [1.82, 2.24) is 0 Å². The molecule has 130 valence electrons. The van der Waals surface area contributed by atoms with Crippen LogP contribution in [0.2, 0.25) is 0 Å². The predicted molar refractivity (Wildman–Crippen MR) is 59.8 cm³/mol. The first kappa shape index (κ1) is 37.6. The van der Waals surface area contributed by atoms with Crippen molar-refractivity contribution in [3.05, 3.63) is 0 Å². The van der Waals surface area contributed by atoms with Gasteiger partial charge in [0.05, 0.1) is 0 Å². The molecule has 0 bridgehead atoms. The van der Waals surface area contributed by atoms with Crippen molar-refractivity contribution in [3.63, 3.8) is 0 Å². The molecule has 0 radical (unpaired) electrons. The second kappa shape index (κ2) is 32.4. The van der Waals surface area contributed by atoms with E-state index < -0.39 is 36.6 Å². The van der Waals surface area contributed by atoms with Crippen molar-refractivity contribution in [3.8, 4) is 0 Å². The predicted octanol–water partition coefficient (Wildman–Crippen LogP) is -10.9. The molecule has 0 atom stereocenters. The Hall–Kier alpha value is 0.465. The minimum absolute atomic E-state index is 0. The average Bonchev–Trinajstić information content (AvgIpc) is 1.94. The van der Waals surface area contributed by atoms with Gasteiger partial charge in [-0.05, 0) is 0 Å². The summed E-state index contributed by atoms with van der Waals surface area (Å²) >= 11 is 0. The van der Waals surface area contributed by atoms with Crippen LogP contribution in [0.15, 0.2) is 0 Å². The van der Waals surface area contributed by atoms with E-state index in [2.05, 4.69) is 0 Å². The standard InChI is InChI=1S/Ag.4BH3O3.BH2O3/c;5*2-1(3)4/h;4*2-4H;2-3H/q+1;;;;;-1. The molecular weight excluding hydrogens is 402 g/mol. The minimum Gasteiger partial charge on any atom is -0.832 e. The van der Waals surface area contributed by atoms with Gasteiger partial charge in [-0.25, -0.2) is 0 Å². The molecule has 0 aliphatic rings. The van der Waals surface area contributed by atoms with Gasteiger partial charge in [0.1, 0.15) is 0 Å². The smallest absolute Gasteiger partial charge is 0.832 e. The first-order valence-corrected chi connectivity index (χ1v) is 3.85. The summed E-state index contributed by atoms with van der Waals surface area (Å²) in [5.74, 6) is 0. The molecule has 0 rings (SSSR count). The van der Waals surface area contributed by atoms with Crippen LogP contribution in [0.4, 0.5) is 0 Å². The monoisotopic (exact) mass is 416 g/mol. The molecule has 0 aromatic rings. The van der Waals surface area contributed by atoms with E-state index in [0.717, 1.165) is 0 Å². The summed E-state index contributed by atoms with van der Waals surface area (Å²) in [6, 6.07) is 0. The van der Waals surface area contributed by atoms with Crippen molar-refractivity contribution in [2.24, 2.45) is 0 Å². The summed E-state index contributed by atoms with van der Waals surface area (Å²) in [7, 11) is -11.1. The van der Waals surface area contributed by atoms with Crippen LogP contribution in [0.5, 0.6) is 0 Å². The van der Waals surface area contributed by atoms with Crippen molar-refractivity contribution >= 4 is 36.6 Å². The van der Waals surface area contributed by atoms with E-state index >= 15 is 0 Å². The van der Waals surface area contributed by atoms with Gasteiger partial charge >= 0.3 is 59.0 Å².